The predicted molar refractivity (Wildman–Crippen MR) is 106 cm³/mol. The molecule has 8 heteroatoms. The van der Waals surface area contributed by atoms with Gasteiger partial charge in [0, 0.05) is 13.1 Å². The number of anilines is 1. The van der Waals surface area contributed by atoms with Gasteiger partial charge in [0.1, 0.15) is 16.4 Å². The summed E-state index contributed by atoms with van der Waals surface area (Å²) in [6, 6.07) is 3.59. The number of nitrogens with two attached hydrogens (primary N) is 1. The van der Waals surface area contributed by atoms with Gasteiger partial charge in [-0.15, -0.1) is 0 Å². The lowest BCUT2D eigenvalue weighted by atomic mass is 10.1. The number of carbonyl (C=O) groups is 1. The lowest BCUT2D eigenvalue weighted by Crippen LogP contribution is -2.39. The van der Waals surface area contributed by atoms with Crippen LogP contribution in [0, 0.1) is 0 Å². The number of likely N-dealkylation sites (tertiary alicyclic amines) is 1. The van der Waals surface area contributed by atoms with Crippen molar-refractivity contribution < 1.29 is 14.3 Å². The van der Waals surface area contributed by atoms with Crippen molar-refractivity contribution in [1.29, 1.82) is 0 Å². The molecule has 1 unspecified atom stereocenters. The molecule has 0 bridgehead atoms. The summed E-state index contributed by atoms with van der Waals surface area (Å²) in [7, 11) is 1.58. The number of hydrogen-bond donors (Lipinski definition) is 1. The van der Waals surface area contributed by atoms with E-state index in [9.17, 15) is 4.79 Å². The van der Waals surface area contributed by atoms with Crippen molar-refractivity contribution in [3.05, 3.63) is 17.2 Å². The van der Waals surface area contributed by atoms with Gasteiger partial charge < -0.3 is 24.7 Å². The van der Waals surface area contributed by atoms with Gasteiger partial charge in [0.25, 0.3) is 0 Å². The summed E-state index contributed by atoms with van der Waals surface area (Å²) in [4.78, 5) is 18.8. The van der Waals surface area contributed by atoms with Crippen LogP contribution in [0.25, 0.3) is 11.0 Å². The standard InChI is InChI=1S/C19H27ClN4O3/c1-19(2,3)27-18(25)23-10-6-5-7-12(11-23)24-16-13(22-17(24)21)8-9-14(26-4)15(16)20/h8-9,12H,5-7,10-11H2,1-4H3,(H2,21,22). The zero-order chi connectivity index (χ0) is 19.8. The molecule has 0 spiro atoms. The lowest BCUT2D eigenvalue weighted by Gasteiger charge is -2.29. The number of ether oxygens (including phenoxy) is 2. The summed E-state index contributed by atoms with van der Waals surface area (Å²) in [6.07, 6.45) is 2.47. The van der Waals surface area contributed by atoms with Crippen LogP contribution in [-0.4, -0.2) is 46.3 Å². The number of amides is 1. The van der Waals surface area contributed by atoms with E-state index in [1.807, 2.05) is 31.4 Å². The minimum atomic E-state index is -0.531. The third-order valence-electron chi connectivity index (χ3n) is 4.67. The maximum absolute atomic E-state index is 12.6. The number of methoxy groups -OCH3 is 1. The molecular weight excluding hydrogens is 368 g/mol. The van der Waals surface area contributed by atoms with Crippen molar-refractivity contribution in [1.82, 2.24) is 14.5 Å². The maximum Gasteiger partial charge on any atom is 0.410 e. The van der Waals surface area contributed by atoms with Crippen LogP contribution in [-0.2, 0) is 4.74 Å². The summed E-state index contributed by atoms with van der Waals surface area (Å²) in [5, 5.41) is 0.479. The van der Waals surface area contributed by atoms with Crippen LogP contribution in [0.5, 0.6) is 5.75 Å². The van der Waals surface area contributed by atoms with Crippen molar-refractivity contribution in [2.75, 3.05) is 25.9 Å². The second kappa shape index (κ2) is 7.46. The molecule has 1 amide bonds. The van der Waals surface area contributed by atoms with Crippen LogP contribution >= 0.6 is 11.6 Å². The van der Waals surface area contributed by atoms with E-state index in [0.717, 1.165) is 24.8 Å². The van der Waals surface area contributed by atoms with Gasteiger partial charge in [-0.2, -0.15) is 0 Å². The van der Waals surface area contributed by atoms with Gasteiger partial charge in [0.2, 0.25) is 5.95 Å². The molecule has 1 atom stereocenters. The van der Waals surface area contributed by atoms with E-state index in [-0.39, 0.29) is 12.1 Å². The number of halogens is 1. The highest BCUT2D eigenvalue weighted by Crippen LogP contribution is 2.37. The van der Waals surface area contributed by atoms with Crippen LogP contribution in [0.2, 0.25) is 5.02 Å². The number of rotatable bonds is 2. The van der Waals surface area contributed by atoms with E-state index in [0.29, 0.717) is 35.3 Å². The van der Waals surface area contributed by atoms with E-state index in [1.165, 1.54) is 0 Å². The summed E-state index contributed by atoms with van der Waals surface area (Å²) in [6.45, 7) is 6.77. The Labute approximate surface area is 164 Å². The van der Waals surface area contributed by atoms with Crippen LogP contribution < -0.4 is 10.5 Å². The molecule has 1 aliphatic heterocycles. The first-order valence-electron chi connectivity index (χ1n) is 9.19. The molecule has 1 aromatic heterocycles. The first kappa shape index (κ1) is 19.6. The fourth-order valence-electron chi connectivity index (χ4n) is 3.50. The highest BCUT2D eigenvalue weighted by Gasteiger charge is 2.29. The molecule has 3 rings (SSSR count). The topological polar surface area (TPSA) is 82.6 Å². The fourth-order valence-corrected chi connectivity index (χ4v) is 3.83. The Morgan fingerprint density at radius 3 is 2.74 bits per heavy atom. The van der Waals surface area contributed by atoms with E-state index in [4.69, 9.17) is 26.8 Å². The lowest BCUT2D eigenvalue weighted by molar-refractivity contribution is 0.0238. The van der Waals surface area contributed by atoms with Crippen molar-refractivity contribution in [2.24, 2.45) is 0 Å². The number of imidazole rings is 1. The summed E-state index contributed by atoms with van der Waals surface area (Å²) >= 11 is 6.56. The molecule has 2 heterocycles. The first-order chi connectivity index (χ1) is 12.7. The largest absolute Gasteiger partial charge is 0.495 e. The maximum atomic E-state index is 12.6. The highest BCUT2D eigenvalue weighted by molar-refractivity contribution is 6.36. The first-order valence-corrected chi connectivity index (χ1v) is 9.57. The molecule has 1 aromatic carbocycles. The zero-order valence-electron chi connectivity index (χ0n) is 16.3. The summed E-state index contributed by atoms with van der Waals surface area (Å²) < 4.78 is 12.8. The Morgan fingerprint density at radius 1 is 1.33 bits per heavy atom. The van der Waals surface area contributed by atoms with Crippen LogP contribution in [0.1, 0.15) is 46.1 Å². The third-order valence-corrected chi connectivity index (χ3v) is 5.03. The van der Waals surface area contributed by atoms with Crippen LogP contribution in [0.3, 0.4) is 0 Å². The Bertz CT molecular complexity index is 844. The molecule has 1 saturated heterocycles. The molecule has 0 saturated carbocycles. The van der Waals surface area contributed by atoms with Gasteiger partial charge in [0.05, 0.1) is 24.2 Å². The number of aromatic nitrogens is 2. The van der Waals surface area contributed by atoms with Crippen molar-refractivity contribution in [2.45, 2.75) is 51.7 Å². The quantitative estimate of drug-likeness (QED) is 0.823. The minimum Gasteiger partial charge on any atom is -0.495 e. The monoisotopic (exact) mass is 394 g/mol. The fraction of sp³-hybridized carbons (Fsp3) is 0.579. The van der Waals surface area contributed by atoms with Crippen LogP contribution in [0.15, 0.2) is 12.1 Å². The average Bonchev–Trinajstić information content (AvgIpc) is 2.76. The van der Waals surface area contributed by atoms with E-state index in [2.05, 4.69) is 4.98 Å². The molecule has 0 aliphatic carbocycles. The molecule has 1 fully saturated rings. The number of benzene rings is 1. The molecule has 1 aliphatic rings. The Morgan fingerprint density at radius 2 is 2.07 bits per heavy atom. The van der Waals surface area contributed by atoms with Gasteiger partial charge >= 0.3 is 6.09 Å². The number of nitrogen functional groups attached to an aromatic ring is 1. The number of hydrogen-bond acceptors (Lipinski definition) is 5. The van der Waals surface area contributed by atoms with Crippen molar-refractivity contribution in [3.63, 3.8) is 0 Å². The minimum absolute atomic E-state index is 0.0328. The second-order valence-electron chi connectivity index (χ2n) is 7.87. The highest BCUT2D eigenvalue weighted by atomic mass is 35.5. The predicted octanol–water partition coefficient (Wildman–Crippen LogP) is 4.24. The molecule has 0 radical (unpaired) electrons. The number of carbonyl (C=O) groups excluding carboxylic acids is 1. The normalized spacial score (nSPS) is 18.4. The molecular formula is C19H27ClN4O3. The van der Waals surface area contributed by atoms with Gasteiger partial charge in [-0.05, 0) is 52.2 Å². The van der Waals surface area contributed by atoms with E-state index in [1.54, 1.807) is 18.1 Å². The van der Waals surface area contributed by atoms with Crippen molar-refractivity contribution in [3.8, 4) is 5.75 Å². The Hall–Kier alpha value is -2.15. The molecule has 7 nitrogen and oxygen atoms in total. The van der Waals surface area contributed by atoms with E-state index < -0.39 is 5.60 Å². The summed E-state index contributed by atoms with van der Waals surface area (Å²) in [5.41, 5.74) is 7.16. The van der Waals surface area contributed by atoms with E-state index >= 15 is 0 Å². The number of nitrogens with zero attached hydrogens (tertiary/aromatic N) is 3. The molecule has 2 N–H and O–H groups in total. The smallest absolute Gasteiger partial charge is 0.410 e. The molecule has 27 heavy (non-hydrogen) atoms. The van der Waals surface area contributed by atoms with Gasteiger partial charge in [-0.3, -0.25) is 0 Å². The second-order valence-corrected chi connectivity index (χ2v) is 8.24. The SMILES string of the molecule is COc1ccc2nc(N)n(C3CCCCN(C(=O)OC(C)(C)C)C3)c2c1Cl. The third kappa shape index (κ3) is 4.08. The van der Waals surface area contributed by atoms with Gasteiger partial charge in [0.15, 0.2) is 0 Å². The molecule has 2 aromatic rings. The Kier molecular flexibility index (Phi) is 5.42. The average molecular weight is 395 g/mol. The van der Waals surface area contributed by atoms with Gasteiger partial charge in [-0.25, -0.2) is 9.78 Å². The Balaban J connectivity index is 1.97. The summed E-state index contributed by atoms with van der Waals surface area (Å²) in [5.74, 6) is 0.958. The van der Waals surface area contributed by atoms with Crippen molar-refractivity contribution >= 4 is 34.7 Å². The van der Waals surface area contributed by atoms with Crippen LogP contribution in [0.4, 0.5) is 10.7 Å². The zero-order valence-corrected chi connectivity index (χ0v) is 17.0. The molecule has 148 valence electrons. The van der Waals surface area contributed by atoms with Gasteiger partial charge in [-0.1, -0.05) is 11.6 Å². The number of fused-ring (bicyclic) bond motifs is 1.